The molecule has 0 unspecified atom stereocenters. The van der Waals surface area contributed by atoms with Gasteiger partial charge in [0.15, 0.2) is 0 Å². The van der Waals surface area contributed by atoms with E-state index in [1.54, 1.807) is 6.07 Å². The van der Waals surface area contributed by atoms with Crippen molar-refractivity contribution < 1.29 is 9.18 Å². The van der Waals surface area contributed by atoms with E-state index in [-0.39, 0.29) is 18.1 Å². The summed E-state index contributed by atoms with van der Waals surface area (Å²) in [4.78, 5) is 16.5. The summed E-state index contributed by atoms with van der Waals surface area (Å²) in [6.45, 7) is 0. The SMILES string of the molecule is O=C(Cc1csc(-c2cccc(Cl)c2)n1)Nc1ccc(F)cc1. The van der Waals surface area contributed by atoms with Crippen LogP contribution in [0, 0.1) is 5.82 Å². The summed E-state index contributed by atoms with van der Waals surface area (Å²) in [6, 6.07) is 13.1. The Hall–Kier alpha value is -2.24. The van der Waals surface area contributed by atoms with Gasteiger partial charge in [0, 0.05) is 21.7 Å². The maximum atomic E-state index is 12.8. The van der Waals surface area contributed by atoms with Gasteiger partial charge in [0.25, 0.3) is 0 Å². The van der Waals surface area contributed by atoms with Gasteiger partial charge in [-0.3, -0.25) is 4.79 Å². The zero-order valence-electron chi connectivity index (χ0n) is 11.9. The lowest BCUT2D eigenvalue weighted by Gasteiger charge is -2.03. The summed E-state index contributed by atoms with van der Waals surface area (Å²) in [5.41, 5.74) is 2.17. The molecule has 0 saturated carbocycles. The summed E-state index contributed by atoms with van der Waals surface area (Å²) < 4.78 is 12.8. The molecule has 0 saturated heterocycles. The maximum absolute atomic E-state index is 12.8. The van der Waals surface area contributed by atoms with Crippen LogP contribution in [0.15, 0.2) is 53.9 Å². The third kappa shape index (κ3) is 4.15. The van der Waals surface area contributed by atoms with E-state index in [9.17, 15) is 9.18 Å². The predicted octanol–water partition coefficient (Wildman–Crippen LogP) is 4.78. The Morgan fingerprint density at radius 3 is 2.74 bits per heavy atom. The number of benzene rings is 2. The van der Waals surface area contributed by atoms with Crippen molar-refractivity contribution in [3.05, 3.63) is 70.4 Å². The quantitative estimate of drug-likeness (QED) is 0.738. The Morgan fingerprint density at radius 2 is 2.00 bits per heavy atom. The fourth-order valence-electron chi connectivity index (χ4n) is 2.05. The van der Waals surface area contributed by atoms with Gasteiger partial charge in [-0.1, -0.05) is 23.7 Å². The van der Waals surface area contributed by atoms with Crippen molar-refractivity contribution in [2.45, 2.75) is 6.42 Å². The second-order valence-electron chi connectivity index (χ2n) is 4.89. The Kier molecular flexibility index (Phi) is 4.69. The minimum atomic E-state index is -0.339. The van der Waals surface area contributed by atoms with E-state index >= 15 is 0 Å². The first kappa shape index (κ1) is 15.6. The molecule has 3 nitrogen and oxygen atoms in total. The summed E-state index contributed by atoms with van der Waals surface area (Å²) in [5, 5.41) is 6.02. The van der Waals surface area contributed by atoms with Crippen molar-refractivity contribution in [1.29, 1.82) is 0 Å². The first-order valence-electron chi connectivity index (χ1n) is 6.86. The molecule has 0 atom stereocenters. The standard InChI is InChI=1S/C17H12ClFN2OS/c18-12-3-1-2-11(8-12)17-21-15(10-23-17)9-16(22)20-14-6-4-13(19)5-7-14/h1-8,10H,9H2,(H,20,22). The average Bonchev–Trinajstić information content (AvgIpc) is 2.98. The number of aromatic nitrogens is 1. The molecule has 116 valence electrons. The number of halogens is 2. The number of nitrogens with zero attached hydrogens (tertiary/aromatic N) is 1. The highest BCUT2D eigenvalue weighted by molar-refractivity contribution is 7.13. The van der Waals surface area contributed by atoms with Gasteiger partial charge in [-0.2, -0.15) is 0 Å². The molecule has 0 spiro atoms. The van der Waals surface area contributed by atoms with Gasteiger partial charge in [-0.05, 0) is 36.4 Å². The Morgan fingerprint density at radius 1 is 1.22 bits per heavy atom. The normalized spacial score (nSPS) is 10.5. The molecule has 0 aliphatic rings. The predicted molar refractivity (Wildman–Crippen MR) is 91.3 cm³/mol. The van der Waals surface area contributed by atoms with Gasteiger partial charge in [0.1, 0.15) is 10.8 Å². The molecule has 0 radical (unpaired) electrons. The van der Waals surface area contributed by atoms with Crippen molar-refractivity contribution >= 4 is 34.5 Å². The zero-order chi connectivity index (χ0) is 16.2. The van der Waals surface area contributed by atoms with Crippen LogP contribution in [-0.2, 0) is 11.2 Å². The number of carbonyl (C=O) groups excluding carboxylic acids is 1. The van der Waals surface area contributed by atoms with Crippen LogP contribution in [0.3, 0.4) is 0 Å². The molecule has 3 rings (SSSR count). The first-order chi connectivity index (χ1) is 11.1. The van der Waals surface area contributed by atoms with Crippen molar-refractivity contribution in [2.24, 2.45) is 0 Å². The Balaban J connectivity index is 1.66. The second-order valence-corrected chi connectivity index (χ2v) is 6.18. The molecule has 1 aromatic heterocycles. The van der Waals surface area contributed by atoms with Crippen molar-refractivity contribution in [3.8, 4) is 10.6 Å². The van der Waals surface area contributed by atoms with Gasteiger partial charge < -0.3 is 5.32 Å². The third-order valence-corrected chi connectivity index (χ3v) is 4.27. The lowest BCUT2D eigenvalue weighted by molar-refractivity contribution is -0.115. The summed E-state index contributed by atoms with van der Waals surface area (Å²) in [7, 11) is 0. The van der Waals surface area contributed by atoms with Crippen LogP contribution >= 0.6 is 22.9 Å². The maximum Gasteiger partial charge on any atom is 0.230 e. The van der Waals surface area contributed by atoms with Gasteiger partial charge in [-0.15, -0.1) is 11.3 Å². The van der Waals surface area contributed by atoms with E-state index in [2.05, 4.69) is 10.3 Å². The van der Waals surface area contributed by atoms with Gasteiger partial charge in [0.05, 0.1) is 12.1 Å². The van der Waals surface area contributed by atoms with Crippen LogP contribution in [0.2, 0.25) is 5.02 Å². The number of rotatable bonds is 4. The first-order valence-corrected chi connectivity index (χ1v) is 8.12. The van der Waals surface area contributed by atoms with Crippen molar-refractivity contribution in [2.75, 3.05) is 5.32 Å². The summed E-state index contributed by atoms with van der Waals surface area (Å²) in [5.74, 6) is -0.534. The van der Waals surface area contributed by atoms with Crippen LogP contribution in [0.1, 0.15) is 5.69 Å². The van der Waals surface area contributed by atoms with Crippen LogP contribution in [-0.4, -0.2) is 10.9 Å². The molecule has 3 aromatic rings. The van der Waals surface area contributed by atoms with E-state index in [0.29, 0.717) is 16.4 Å². The lowest BCUT2D eigenvalue weighted by Crippen LogP contribution is -2.14. The van der Waals surface area contributed by atoms with Crippen molar-refractivity contribution in [1.82, 2.24) is 4.98 Å². The van der Waals surface area contributed by atoms with Crippen molar-refractivity contribution in [3.63, 3.8) is 0 Å². The summed E-state index contributed by atoms with van der Waals surface area (Å²) in [6.07, 6.45) is 0.161. The molecule has 6 heteroatoms. The Labute approximate surface area is 141 Å². The average molecular weight is 347 g/mol. The third-order valence-electron chi connectivity index (χ3n) is 3.09. The topological polar surface area (TPSA) is 42.0 Å². The number of nitrogens with one attached hydrogen (secondary N) is 1. The zero-order valence-corrected chi connectivity index (χ0v) is 13.5. The highest BCUT2D eigenvalue weighted by atomic mass is 35.5. The minimum Gasteiger partial charge on any atom is -0.326 e. The highest BCUT2D eigenvalue weighted by Gasteiger charge is 2.10. The van der Waals surface area contributed by atoms with E-state index in [1.165, 1.54) is 35.6 Å². The Bertz CT molecular complexity index is 833. The lowest BCUT2D eigenvalue weighted by atomic mass is 10.2. The molecule has 1 heterocycles. The van der Waals surface area contributed by atoms with Crippen LogP contribution in [0.25, 0.3) is 10.6 Å². The molecule has 0 aliphatic heterocycles. The second kappa shape index (κ2) is 6.89. The molecule has 1 amide bonds. The molecule has 1 N–H and O–H groups in total. The van der Waals surface area contributed by atoms with Crippen LogP contribution in [0.4, 0.5) is 10.1 Å². The smallest absolute Gasteiger partial charge is 0.230 e. The van der Waals surface area contributed by atoms with Crippen LogP contribution < -0.4 is 5.32 Å². The number of thiazole rings is 1. The molecular weight excluding hydrogens is 335 g/mol. The van der Waals surface area contributed by atoms with E-state index < -0.39 is 0 Å². The number of anilines is 1. The van der Waals surface area contributed by atoms with E-state index in [4.69, 9.17) is 11.6 Å². The van der Waals surface area contributed by atoms with E-state index in [0.717, 1.165) is 10.6 Å². The molecule has 0 aliphatic carbocycles. The number of carbonyl (C=O) groups is 1. The van der Waals surface area contributed by atoms with Crippen LogP contribution in [0.5, 0.6) is 0 Å². The number of hydrogen-bond donors (Lipinski definition) is 1. The van der Waals surface area contributed by atoms with Gasteiger partial charge >= 0.3 is 0 Å². The fourth-order valence-corrected chi connectivity index (χ4v) is 3.05. The van der Waals surface area contributed by atoms with Gasteiger partial charge in [-0.25, -0.2) is 9.37 Å². The minimum absolute atomic E-state index is 0.161. The molecule has 2 aromatic carbocycles. The molecular formula is C17H12ClFN2OS. The largest absolute Gasteiger partial charge is 0.326 e. The monoisotopic (exact) mass is 346 g/mol. The molecule has 23 heavy (non-hydrogen) atoms. The molecule has 0 bridgehead atoms. The highest BCUT2D eigenvalue weighted by Crippen LogP contribution is 2.26. The summed E-state index contributed by atoms with van der Waals surface area (Å²) >= 11 is 7.44. The molecule has 0 fully saturated rings. The number of hydrogen-bond acceptors (Lipinski definition) is 3. The number of amides is 1. The van der Waals surface area contributed by atoms with Gasteiger partial charge in [0.2, 0.25) is 5.91 Å². The van der Waals surface area contributed by atoms with E-state index in [1.807, 2.05) is 23.6 Å². The fraction of sp³-hybridized carbons (Fsp3) is 0.0588.